The summed E-state index contributed by atoms with van der Waals surface area (Å²) in [7, 11) is 0. The van der Waals surface area contributed by atoms with Gasteiger partial charge < -0.3 is 10.4 Å². The number of benzene rings is 1. The molecule has 2 atom stereocenters. The first kappa shape index (κ1) is 16.0. The Labute approximate surface area is 117 Å². The molecule has 1 aromatic carbocycles. The maximum Gasteiger partial charge on any atom is 0.221 e. The van der Waals surface area contributed by atoms with Crippen molar-refractivity contribution in [2.24, 2.45) is 0 Å². The van der Waals surface area contributed by atoms with Crippen LogP contribution >= 0.6 is 11.8 Å². The van der Waals surface area contributed by atoms with Crippen LogP contribution in [0.5, 0.6) is 0 Å². The number of carbonyl (C=O) groups is 1. The van der Waals surface area contributed by atoms with E-state index in [4.69, 9.17) is 0 Å². The molecule has 3 nitrogen and oxygen atoms in total. The number of hydrogen-bond acceptors (Lipinski definition) is 3. The molecule has 106 valence electrons. The van der Waals surface area contributed by atoms with Crippen molar-refractivity contribution >= 4 is 17.7 Å². The second kappa shape index (κ2) is 8.17. The van der Waals surface area contributed by atoms with Gasteiger partial charge in [0.05, 0.1) is 6.10 Å². The summed E-state index contributed by atoms with van der Waals surface area (Å²) in [5, 5.41) is 12.0. The van der Waals surface area contributed by atoms with Gasteiger partial charge in [-0.1, -0.05) is 12.1 Å². The molecular weight excluding hydrogens is 265 g/mol. The normalized spacial score (nSPS) is 13.9. The van der Waals surface area contributed by atoms with E-state index in [0.29, 0.717) is 23.5 Å². The summed E-state index contributed by atoms with van der Waals surface area (Å²) in [6.45, 7) is 3.55. The zero-order chi connectivity index (χ0) is 14.3. The molecule has 0 aliphatic carbocycles. The minimum Gasteiger partial charge on any atom is -0.393 e. The highest BCUT2D eigenvalue weighted by atomic mass is 32.2. The summed E-state index contributed by atoms with van der Waals surface area (Å²) in [6.07, 6.45) is 0.443. The van der Waals surface area contributed by atoms with E-state index in [1.165, 1.54) is 17.8 Å². The minimum atomic E-state index is -0.428. The topological polar surface area (TPSA) is 49.3 Å². The molecule has 1 amide bonds. The number of nitrogens with one attached hydrogen (secondary N) is 1. The number of amides is 1. The lowest BCUT2D eigenvalue weighted by Gasteiger charge is -2.15. The van der Waals surface area contributed by atoms with Crippen molar-refractivity contribution in [2.45, 2.75) is 43.7 Å². The molecule has 1 aromatic rings. The lowest BCUT2D eigenvalue weighted by Crippen LogP contribution is -2.34. The smallest absolute Gasteiger partial charge is 0.221 e. The van der Waals surface area contributed by atoms with Crippen LogP contribution in [0.2, 0.25) is 0 Å². The van der Waals surface area contributed by atoms with Gasteiger partial charge in [-0.3, -0.25) is 4.79 Å². The van der Waals surface area contributed by atoms with Crippen LogP contribution in [-0.2, 0) is 4.79 Å². The molecular formula is C14H20FNO2S. The van der Waals surface area contributed by atoms with Crippen molar-refractivity contribution in [3.05, 3.63) is 30.1 Å². The number of aliphatic hydroxyl groups excluding tert-OH is 1. The first-order chi connectivity index (χ1) is 8.99. The second-order valence-corrected chi connectivity index (χ2v) is 5.72. The monoisotopic (exact) mass is 285 g/mol. The highest BCUT2D eigenvalue weighted by Gasteiger charge is 2.10. The summed E-state index contributed by atoms with van der Waals surface area (Å²) >= 11 is 1.33. The van der Waals surface area contributed by atoms with E-state index in [1.807, 2.05) is 6.92 Å². The van der Waals surface area contributed by atoms with E-state index < -0.39 is 6.10 Å². The van der Waals surface area contributed by atoms with E-state index in [-0.39, 0.29) is 17.8 Å². The van der Waals surface area contributed by atoms with Crippen LogP contribution in [-0.4, -0.2) is 28.9 Å². The number of aliphatic hydroxyl groups is 1. The third kappa shape index (κ3) is 6.59. The first-order valence-electron chi connectivity index (χ1n) is 6.33. The Morgan fingerprint density at radius 2 is 2.11 bits per heavy atom. The van der Waals surface area contributed by atoms with Gasteiger partial charge in [-0.15, -0.1) is 11.8 Å². The molecule has 0 saturated carbocycles. The van der Waals surface area contributed by atoms with E-state index in [0.717, 1.165) is 0 Å². The van der Waals surface area contributed by atoms with E-state index in [9.17, 15) is 14.3 Å². The first-order valence-corrected chi connectivity index (χ1v) is 7.32. The Hall–Kier alpha value is -1.07. The molecule has 0 aliphatic rings. The summed E-state index contributed by atoms with van der Waals surface area (Å²) < 4.78 is 13.3. The van der Waals surface area contributed by atoms with Crippen molar-refractivity contribution in [1.29, 1.82) is 0 Å². The van der Waals surface area contributed by atoms with Crippen molar-refractivity contribution in [1.82, 2.24) is 5.32 Å². The Morgan fingerprint density at radius 1 is 1.42 bits per heavy atom. The van der Waals surface area contributed by atoms with Crippen LogP contribution < -0.4 is 5.32 Å². The van der Waals surface area contributed by atoms with Crippen LogP contribution in [0.15, 0.2) is 29.2 Å². The van der Waals surface area contributed by atoms with Gasteiger partial charge in [-0.2, -0.15) is 0 Å². The van der Waals surface area contributed by atoms with Crippen LogP contribution in [0.4, 0.5) is 4.39 Å². The van der Waals surface area contributed by atoms with Crippen molar-refractivity contribution < 1.29 is 14.3 Å². The summed E-state index contributed by atoms with van der Waals surface area (Å²) in [5.41, 5.74) is 0. The number of hydrogen-bond donors (Lipinski definition) is 2. The Balaban J connectivity index is 2.26. The van der Waals surface area contributed by atoms with Gasteiger partial charge in [-0.25, -0.2) is 4.39 Å². The Kier molecular flexibility index (Phi) is 6.87. The average molecular weight is 285 g/mol. The highest BCUT2D eigenvalue weighted by Crippen LogP contribution is 2.21. The quantitative estimate of drug-likeness (QED) is 0.757. The van der Waals surface area contributed by atoms with Gasteiger partial charge in [0.15, 0.2) is 0 Å². The van der Waals surface area contributed by atoms with Crippen LogP contribution in [0, 0.1) is 5.82 Å². The zero-order valence-corrected chi connectivity index (χ0v) is 12.0. The van der Waals surface area contributed by atoms with Gasteiger partial charge in [-0.05, 0) is 32.4 Å². The molecule has 2 N–H and O–H groups in total. The maximum absolute atomic E-state index is 13.3. The van der Waals surface area contributed by atoms with E-state index in [2.05, 4.69) is 5.32 Å². The summed E-state index contributed by atoms with van der Waals surface area (Å²) in [6, 6.07) is 6.48. The highest BCUT2D eigenvalue weighted by molar-refractivity contribution is 7.99. The van der Waals surface area contributed by atoms with Crippen molar-refractivity contribution in [3.8, 4) is 0 Å². The second-order valence-electron chi connectivity index (χ2n) is 4.58. The van der Waals surface area contributed by atoms with Crippen molar-refractivity contribution in [2.75, 3.05) is 5.75 Å². The minimum absolute atomic E-state index is 0.0500. The van der Waals surface area contributed by atoms with E-state index in [1.54, 1.807) is 25.1 Å². The molecule has 2 unspecified atom stereocenters. The molecule has 0 heterocycles. The largest absolute Gasteiger partial charge is 0.393 e. The molecule has 5 heteroatoms. The van der Waals surface area contributed by atoms with Crippen molar-refractivity contribution in [3.63, 3.8) is 0 Å². The lowest BCUT2D eigenvalue weighted by atomic mass is 10.1. The Bertz CT molecular complexity index is 412. The average Bonchev–Trinajstić information content (AvgIpc) is 2.30. The number of halogens is 1. The van der Waals surface area contributed by atoms with Gasteiger partial charge in [0.2, 0.25) is 5.91 Å². The third-order valence-electron chi connectivity index (χ3n) is 2.53. The predicted octanol–water partition coefficient (Wildman–Crippen LogP) is 2.58. The molecule has 0 saturated heterocycles. The van der Waals surface area contributed by atoms with Gasteiger partial charge in [0.1, 0.15) is 5.82 Å². The third-order valence-corrected chi connectivity index (χ3v) is 3.58. The van der Waals surface area contributed by atoms with E-state index >= 15 is 0 Å². The number of thioether (sulfide) groups is 1. The standard InChI is InChI=1S/C14H20FNO2S/c1-10(9-11(2)17)16-14(18)7-8-19-13-6-4-3-5-12(13)15/h3-6,10-11,17H,7-9H2,1-2H3,(H,16,18). The molecule has 0 radical (unpaired) electrons. The summed E-state index contributed by atoms with van der Waals surface area (Å²) in [4.78, 5) is 12.2. The zero-order valence-electron chi connectivity index (χ0n) is 11.2. The van der Waals surface area contributed by atoms with Gasteiger partial charge in [0.25, 0.3) is 0 Å². The molecule has 0 fully saturated rings. The van der Waals surface area contributed by atoms with Crippen LogP contribution in [0.25, 0.3) is 0 Å². The van der Waals surface area contributed by atoms with Crippen LogP contribution in [0.1, 0.15) is 26.7 Å². The fraction of sp³-hybridized carbons (Fsp3) is 0.500. The molecule has 1 rings (SSSR count). The van der Waals surface area contributed by atoms with Crippen LogP contribution in [0.3, 0.4) is 0 Å². The summed E-state index contributed by atoms with van der Waals surface area (Å²) in [5.74, 6) is 0.209. The molecule has 0 aromatic heterocycles. The maximum atomic E-state index is 13.3. The van der Waals surface area contributed by atoms with Gasteiger partial charge >= 0.3 is 0 Å². The number of carbonyl (C=O) groups excluding carboxylic acids is 1. The fourth-order valence-electron chi connectivity index (χ4n) is 1.73. The number of rotatable bonds is 7. The Morgan fingerprint density at radius 3 is 2.74 bits per heavy atom. The SMILES string of the molecule is CC(O)CC(C)NC(=O)CCSc1ccccc1F. The predicted molar refractivity (Wildman–Crippen MR) is 75.6 cm³/mol. The lowest BCUT2D eigenvalue weighted by molar-refractivity contribution is -0.121. The molecule has 0 spiro atoms. The molecule has 0 bridgehead atoms. The fourth-order valence-corrected chi connectivity index (χ4v) is 2.62. The molecule has 0 aliphatic heterocycles. The molecule has 19 heavy (non-hydrogen) atoms. The van der Waals surface area contributed by atoms with Gasteiger partial charge in [0, 0.05) is 23.1 Å².